The van der Waals surface area contributed by atoms with Gasteiger partial charge in [-0.2, -0.15) is 0 Å². The third-order valence-electron chi connectivity index (χ3n) is 4.38. The lowest BCUT2D eigenvalue weighted by molar-refractivity contribution is -0.117. The fourth-order valence-electron chi connectivity index (χ4n) is 3.29. The van der Waals surface area contributed by atoms with E-state index in [1.165, 1.54) is 12.5 Å². The van der Waals surface area contributed by atoms with Crippen molar-refractivity contribution in [1.82, 2.24) is 4.90 Å². The zero-order valence-electron chi connectivity index (χ0n) is 14.4. The van der Waals surface area contributed by atoms with Crippen molar-refractivity contribution in [3.05, 3.63) is 60.2 Å². The van der Waals surface area contributed by atoms with E-state index < -0.39 is 0 Å². The first-order chi connectivity index (χ1) is 12.1. The Morgan fingerprint density at radius 3 is 2.28 bits per heavy atom. The molecule has 130 valence electrons. The standard InChI is InChI=1S/C20H23N3O2/c1-15(24)21-17-9-11-18(12-10-17)22-20(25)14-23-13-5-8-19(23)16-6-3-2-4-7-16/h2-4,6-7,9-12,19H,5,8,13-14H2,1H3,(H,21,24)(H,22,25). The van der Waals surface area contributed by atoms with Crippen LogP contribution in [0.5, 0.6) is 0 Å². The third kappa shape index (κ3) is 4.67. The maximum absolute atomic E-state index is 12.4. The van der Waals surface area contributed by atoms with E-state index in [1.807, 2.05) is 18.2 Å². The topological polar surface area (TPSA) is 61.4 Å². The van der Waals surface area contributed by atoms with Crippen LogP contribution in [0.2, 0.25) is 0 Å². The van der Waals surface area contributed by atoms with Crippen LogP contribution in [0.4, 0.5) is 11.4 Å². The van der Waals surface area contributed by atoms with Gasteiger partial charge in [0, 0.05) is 24.3 Å². The SMILES string of the molecule is CC(=O)Nc1ccc(NC(=O)CN2CCCC2c2ccccc2)cc1. The van der Waals surface area contributed by atoms with Crippen molar-refractivity contribution in [3.8, 4) is 0 Å². The number of hydrogen-bond acceptors (Lipinski definition) is 3. The summed E-state index contributed by atoms with van der Waals surface area (Å²) in [6.45, 7) is 2.79. The van der Waals surface area contributed by atoms with Gasteiger partial charge in [0.05, 0.1) is 6.54 Å². The molecule has 0 aromatic heterocycles. The molecular formula is C20H23N3O2. The highest BCUT2D eigenvalue weighted by atomic mass is 16.2. The smallest absolute Gasteiger partial charge is 0.238 e. The van der Waals surface area contributed by atoms with Gasteiger partial charge >= 0.3 is 0 Å². The van der Waals surface area contributed by atoms with Crippen LogP contribution in [0.25, 0.3) is 0 Å². The average molecular weight is 337 g/mol. The molecular weight excluding hydrogens is 314 g/mol. The van der Waals surface area contributed by atoms with Crippen molar-refractivity contribution in [3.63, 3.8) is 0 Å². The molecule has 25 heavy (non-hydrogen) atoms. The lowest BCUT2D eigenvalue weighted by Crippen LogP contribution is -2.32. The molecule has 1 aliphatic rings. The van der Waals surface area contributed by atoms with Crippen LogP contribution >= 0.6 is 0 Å². The first-order valence-corrected chi connectivity index (χ1v) is 8.58. The van der Waals surface area contributed by atoms with Gasteiger partial charge in [-0.1, -0.05) is 30.3 Å². The monoisotopic (exact) mass is 337 g/mol. The van der Waals surface area contributed by atoms with Gasteiger partial charge in [-0.3, -0.25) is 14.5 Å². The highest BCUT2D eigenvalue weighted by molar-refractivity contribution is 5.93. The molecule has 5 heteroatoms. The summed E-state index contributed by atoms with van der Waals surface area (Å²) in [5.41, 5.74) is 2.72. The van der Waals surface area contributed by atoms with Crippen molar-refractivity contribution in [2.24, 2.45) is 0 Å². The Bertz CT molecular complexity index is 728. The van der Waals surface area contributed by atoms with E-state index in [9.17, 15) is 9.59 Å². The highest BCUT2D eigenvalue weighted by Gasteiger charge is 2.27. The number of hydrogen-bond donors (Lipinski definition) is 2. The molecule has 0 spiro atoms. The Hall–Kier alpha value is -2.66. The summed E-state index contributed by atoms with van der Waals surface area (Å²) in [5.74, 6) is -0.132. The van der Waals surface area contributed by atoms with Gasteiger partial charge in [0.15, 0.2) is 0 Å². The number of nitrogens with zero attached hydrogens (tertiary/aromatic N) is 1. The minimum absolute atomic E-state index is 0.0184. The second kappa shape index (κ2) is 7.94. The molecule has 0 aliphatic carbocycles. The van der Waals surface area contributed by atoms with Gasteiger partial charge in [0.2, 0.25) is 11.8 Å². The van der Waals surface area contributed by atoms with Gasteiger partial charge in [-0.15, -0.1) is 0 Å². The molecule has 2 aromatic rings. The zero-order valence-corrected chi connectivity index (χ0v) is 14.4. The summed E-state index contributed by atoms with van der Waals surface area (Å²) in [6.07, 6.45) is 2.20. The molecule has 1 fully saturated rings. The molecule has 0 bridgehead atoms. The third-order valence-corrected chi connectivity index (χ3v) is 4.38. The van der Waals surface area contributed by atoms with E-state index >= 15 is 0 Å². The number of benzene rings is 2. The maximum atomic E-state index is 12.4. The van der Waals surface area contributed by atoms with Crippen molar-refractivity contribution in [2.75, 3.05) is 23.7 Å². The first-order valence-electron chi connectivity index (χ1n) is 8.58. The molecule has 1 aliphatic heterocycles. The van der Waals surface area contributed by atoms with Gasteiger partial charge in [0.25, 0.3) is 0 Å². The summed E-state index contributed by atoms with van der Waals surface area (Å²) in [4.78, 5) is 25.6. The number of rotatable bonds is 5. The molecule has 1 unspecified atom stereocenters. The second-order valence-electron chi connectivity index (χ2n) is 6.35. The molecule has 1 atom stereocenters. The number of carbonyl (C=O) groups is 2. The molecule has 1 saturated heterocycles. The highest BCUT2D eigenvalue weighted by Crippen LogP contribution is 2.31. The molecule has 1 heterocycles. The van der Waals surface area contributed by atoms with Gasteiger partial charge in [-0.05, 0) is 49.2 Å². The maximum Gasteiger partial charge on any atom is 0.238 e. The Morgan fingerprint density at radius 2 is 1.64 bits per heavy atom. The second-order valence-corrected chi connectivity index (χ2v) is 6.35. The van der Waals surface area contributed by atoms with Crippen LogP contribution in [0.1, 0.15) is 31.4 Å². The van der Waals surface area contributed by atoms with E-state index in [4.69, 9.17) is 0 Å². The van der Waals surface area contributed by atoms with Gasteiger partial charge in [-0.25, -0.2) is 0 Å². The Balaban J connectivity index is 1.57. The normalized spacial score (nSPS) is 17.2. The molecule has 0 saturated carbocycles. The zero-order chi connectivity index (χ0) is 17.6. The number of carbonyl (C=O) groups excluding carboxylic acids is 2. The molecule has 2 aromatic carbocycles. The fraction of sp³-hybridized carbons (Fsp3) is 0.300. The average Bonchev–Trinajstić information content (AvgIpc) is 3.05. The van der Waals surface area contributed by atoms with Crippen LogP contribution in [0.15, 0.2) is 54.6 Å². The largest absolute Gasteiger partial charge is 0.326 e. The summed E-state index contributed by atoms with van der Waals surface area (Å²) >= 11 is 0. The van der Waals surface area contributed by atoms with E-state index in [0.717, 1.165) is 25.1 Å². The number of nitrogens with one attached hydrogen (secondary N) is 2. The Kier molecular flexibility index (Phi) is 5.46. The van der Waals surface area contributed by atoms with Gasteiger partial charge in [0.1, 0.15) is 0 Å². The van der Waals surface area contributed by atoms with E-state index in [-0.39, 0.29) is 11.8 Å². The summed E-state index contributed by atoms with van der Waals surface area (Å²) in [6, 6.07) is 17.8. The molecule has 5 nitrogen and oxygen atoms in total. The van der Waals surface area contributed by atoms with Crippen molar-refractivity contribution in [2.45, 2.75) is 25.8 Å². The molecule has 2 N–H and O–H groups in total. The van der Waals surface area contributed by atoms with Crippen LogP contribution in [-0.2, 0) is 9.59 Å². The van der Waals surface area contributed by atoms with Crippen LogP contribution < -0.4 is 10.6 Å². The summed E-state index contributed by atoms with van der Waals surface area (Å²) in [5, 5.41) is 5.64. The molecule has 3 rings (SSSR count). The van der Waals surface area contributed by atoms with Crippen molar-refractivity contribution < 1.29 is 9.59 Å². The number of likely N-dealkylation sites (tertiary alicyclic amines) is 1. The summed E-state index contributed by atoms with van der Waals surface area (Å²) < 4.78 is 0. The predicted molar refractivity (Wildman–Crippen MR) is 99.4 cm³/mol. The van der Waals surface area contributed by atoms with Crippen molar-refractivity contribution in [1.29, 1.82) is 0 Å². The predicted octanol–water partition coefficient (Wildman–Crippen LogP) is 3.42. The fourth-order valence-corrected chi connectivity index (χ4v) is 3.29. The van der Waals surface area contributed by atoms with E-state index in [0.29, 0.717) is 18.3 Å². The molecule has 0 radical (unpaired) electrons. The van der Waals surface area contributed by atoms with Crippen molar-refractivity contribution >= 4 is 23.2 Å². The van der Waals surface area contributed by atoms with Crippen LogP contribution in [0.3, 0.4) is 0 Å². The minimum Gasteiger partial charge on any atom is -0.326 e. The Morgan fingerprint density at radius 1 is 1.00 bits per heavy atom. The summed E-state index contributed by atoms with van der Waals surface area (Å²) in [7, 11) is 0. The lowest BCUT2D eigenvalue weighted by Gasteiger charge is -2.24. The number of anilines is 2. The minimum atomic E-state index is -0.113. The van der Waals surface area contributed by atoms with E-state index in [2.05, 4.69) is 27.7 Å². The molecule has 2 amide bonds. The van der Waals surface area contributed by atoms with Gasteiger partial charge < -0.3 is 10.6 Å². The lowest BCUT2D eigenvalue weighted by atomic mass is 10.0. The van der Waals surface area contributed by atoms with E-state index in [1.54, 1.807) is 24.3 Å². The van der Waals surface area contributed by atoms with Crippen LogP contribution in [-0.4, -0.2) is 29.8 Å². The van der Waals surface area contributed by atoms with Crippen LogP contribution in [0, 0.1) is 0 Å². The number of amides is 2. The first kappa shape index (κ1) is 17.2. The Labute approximate surface area is 148 Å². The quantitative estimate of drug-likeness (QED) is 0.879.